The minimum atomic E-state index is -1.48. The molecule has 5 heteroatoms. The summed E-state index contributed by atoms with van der Waals surface area (Å²) in [6.45, 7) is 0.448. The van der Waals surface area contributed by atoms with Gasteiger partial charge in [-0.1, -0.05) is 30.3 Å². The van der Waals surface area contributed by atoms with Gasteiger partial charge in [0.15, 0.2) is 6.04 Å². The molecule has 0 heterocycles. The zero-order valence-corrected chi connectivity index (χ0v) is 9.67. The van der Waals surface area contributed by atoms with E-state index in [1.165, 1.54) is 4.90 Å². The quantitative estimate of drug-likeness (QED) is 0.710. The molecular weight excluding hydrogens is 220 g/mol. The van der Waals surface area contributed by atoms with Gasteiger partial charge < -0.3 is 15.7 Å². The van der Waals surface area contributed by atoms with Crippen LogP contribution in [0, 0.1) is 0 Å². The molecule has 17 heavy (non-hydrogen) atoms. The third kappa shape index (κ3) is 3.88. The van der Waals surface area contributed by atoms with E-state index in [2.05, 4.69) is 0 Å². The number of rotatable bonds is 5. The number of nitrogens with zero attached hydrogens (tertiary/aromatic N) is 1. The van der Waals surface area contributed by atoms with Crippen LogP contribution in [-0.2, 0) is 16.0 Å². The van der Waals surface area contributed by atoms with Gasteiger partial charge >= 0.3 is 5.97 Å². The highest BCUT2D eigenvalue weighted by Crippen LogP contribution is 2.01. The SMILES string of the molecule is CN(CCc1ccccc1)C(=O)C(N)C(=O)O. The van der Waals surface area contributed by atoms with E-state index in [1.54, 1.807) is 7.05 Å². The number of benzene rings is 1. The van der Waals surface area contributed by atoms with Crippen molar-refractivity contribution in [1.29, 1.82) is 0 Å². The maximum absolute atomic E-state index is 11.5. The van der Waals surface area contributed by atoms with Gasteiger partial charge in [0.05, 0.1) is 0 Å². The van der Waals surface area contributed by atoms with E-state index >= 15 is 0 Å². The smallest absolute Gasteiger partial charge is 0.330 e. The molecule has 1 amide bonds. The zero-order chi connectivity index (χ0) is 12.8. The Morgan fingerprint density at radius 2 is 1.94 bits per heavy atom. The molecule has 5 nitrogen and oxygen atoms in total. The fourth-order valence-corrected chi connectivity index (χ4v) is 1.39. The molecule has 1 unspecified atom stereocenters. The minimum Gasteiger partial charge on any atom is -0.480 e. The van der Waals surface area contributed by atoms with Crippen LogP contribution in [0.4, 0.5) is 0 Å². The zero-order valence-electron chi connectivity index (χ0n) is 9.67. The Morgan fingerprint density at radius 3 is 2.47 bits per heavy atom. The molecule has 0 aliphatic heterocycles. The second-order valence-corrected chi connectivity index (χ2v) is 3.81. The summed E-state index contributed by atoms with van der Waals surface area (Å²) in [5.41, 5.74) is 6.33. The first-order chi connectivity index (χ1) is 8.02. The van der Waals surface area contributed by atoms with Gasteiger partial charge in [0.1, 0.15) is 0 Å². The van der Waals surface area contributed by atoms with E-state index in [-0.39, 0.29) is 0 Å². The monoisotopic (exact) mass is 236 g/mol. The molecule has 0 saturated heterocycles. The molecule has 1 aromatic carbocycles. The average molecular weight is 236 g/mol. The third-order valence-corrected chi connectivity index (χ3v) is 2.49. The van der Waals surface area contributed by atoms with Gasteiger partial charge in [-0.2, -0.15) is 0 Å². The van der Waals surface area contributed by atoms with Crippen molar-refractivity contribution in [3.8, 4) is 0 Å². The first-order valence-corrected chi connectivity index (χ1v) is 5.29. The van der Waals surface area contributed by atoms with Crippen molar-refractivity contribution >= 4 is 11.9 Å². The van der Waals surface area contributed by atoms with E-state index in [0.29, 0.717) is 13.0 Å². The molecule has 0 radical (unpaired) electrons. The minimum absolute atomic E-state index is 0.448. The lowest BCUT2D eigenvalue weighted by Gasteiger charge is -2.19. The lowest BCUT2D eigenvalue weighted by Crippen LogP contribution is -2.47. The summed E-state index contributed by atoms with van der Waals surface area (Å²) in [7, 11) is 1.55. The molecule has 1 atom stereocenters. The van der Waals surface area contributed by atoms with Gasteiger partial charge in [0.25, 0.3) is 5.91 Å². The third-order valence-electron chi connectivity index (χ3n) is 2.49. The van der Waals surface area contributed by atoms with Gasteiger partial charge in [-0.3, -0.25) is 4.79 Å². The van der Waals surface area contributed by atoms with E-state index in [1.807, 2.05) is 30.3 Å². The van der Waals surface area contributed by atoms with Gasteiger partial charge in [-0.15, -0.1) is 0 Å². The summed E-state index contributed by atoms with van der Waals surface area (Å²) in [5, 5.41) is 8.61. The number of carboxylic acid groups (broad SMARTS) is 1. The summed E-state index contributed by atoms with van der Waals surface area (Å²) >= 11 is 0. The van der Waals surface area contributed by atoms with E-state index in [0.717, 1.165) is 5.56 Å². The Bertz CT molecular complexity index is 392. The van der Waals surface area contributed by atoms with Crippen LogP contribution in [0.1, 0.15) is 5.56 Å². The molecule has 3 N–H and O–H groups in total. The molecule has 1 rings (SSSR count). The molecule has 0 aliphatic carbocycles. The molecule has 1 aromatic rings. The van der Waals surface area contributed by atoms with Crippen LogP contribution >= 0.6 is 0 Å². The molecule has 92 valence electrons. The van der Waals surface area contributed by atoms with E-state index in [9.17, 15) is 9.59 Å². The number of carbonyl (C=O) groups excluding carboxylic acids is 1. The van der Waals surface area contributed by atoms with Crippen molar-refractivity contribution in [1.82, 2.24) is 4.90 Å². The lowest BCUT2D eigenvalue weighted by molar-refractivity contribution is -0.145. The van der Waals surface area contributed by atoms with Gasteiger partial charge in [-0.05, 0) is 12.0 Å². The van der Waals surface area contributed by atoms with Crippen LogP contribution in [0.5, 0.6) is 0 Å². The number of nitrogens with two attached hydrogens (primary N) is 1. The van der Waals surface area contributed by atoms with Crippen LogP contribution in [0.2, 0.25) is 0 Å². The maximum Gasteiger partial charge on any atom is 0.330 e. The number of amides is 1. The number of hydrogen-bond acceptors (Lipinski definition) is 3. The van der Waals surface area contributed by atoms with E-state index in [4.69, 9.17) is 10.8 Å². The number of carboxylic acids is 1. The van der Waals surface area contributed by atoms with Crippen LogP contribution in [0.3, 0.4) is 0 Å². The highest BCUT2D eigenvalue weighted by Gasteiger charge is 2.24. The van der Waals surface area contributed by atoms with Gasteiger partial charge in [-0.25, -0.2) is 4.79 Å². The molecule has 0 fully saturated rings. The predicted octanol–water partition coefficient (Wildman–Crippen LogP) is 0.0994. The van der Waals surface area contributed by atoms with Crippen molar-refractivity contribution in [2.45, 2.75) is 12.5 Å². The summed E-state index contributed by atoms with van der Waals surface area (Å²) in [6, 6.07) is 8.18. The summed E-state index contributed by atoms with van der Waals surface area (Å²) in [4.78, 5) is 23.4. The van der Waals surface area contributed by atoms with Crippen molar-refractivity contribution in [3.05, 3.63) is 35.9 Å². The molecule has 0 bridgehead atoms. The number of likely N-dealkylation sites (N-methyl/N-ethyl adjacent to an activating group) is 1. The van der Waals surface area contributed by atoms with Crippen molar-refractivity contribution in [2.24, 2.45) is 5.73 Å². The highest BCUT2D eigenvalue weighted by molar-refractivity contribution is 6.00. The first-order valence-electron chi connectivity index (χ1n) is 5.29. The highest BCUT2D eigenvalue weighted by atomic mass is 16.4. The van der Waals surface area contributed by atoms with Gasteiger partial charge in [0, 0.05) is 13.6 Å². The Labute approximate surface area is 99.8 Å². The molecule has 0 aliphatic rings. The average Bonchev–Trinajstić information content (AvgIpc) is 2.35. The molecule has 0 spiro atoms. The summed E-state index contributed by atoms with van der Waals surface area (Å²) in [6.07, 6.45) is 0.676. The first kappa shape index (κ1) is 13.2. The van der Waals surface area contributed by atoms with Crippen LogP contribution < -0.4 is 5.73 Å². The normalized spacial score (nSPS) is 11.9. The van der Waals surface area contributed by atoms with Crippen LogP contribution in [0.15, 0.2) is 30.3 Å². The summed E-state index contributed by atoms with van der Waals surface area (Å²) in [5.74, 6) is -1.88. The standard InChI is InChI=1S/C12H16N2O3/c1-14(11(15)10(13)12(16)17)8-7-9-5-3-2-4-6-9/h2-6,10H,7-8,13H2,1H3,(H,16,17). The largest absolute Gasteiger partial charge is 0.480 e. The Balaban J connectivity index is 2.47. The molecular formula is C12H16N2O3. The second-order valence-electron chi connectivity index (χ2n) is 3.81. The Hall–Kier alpha value is -1.88. The number of aliphatic carboxylic acids is 1. The van der Waals surface area contributed by atoms with Crippen molar-refractivity contribution < 1.29 is 14.7 Å². The summed E-state index contributed by atoms with van der Waals surface area (Å²) < 4.78 is 0. The Kier molecular flexibility index (Phi) is 4.66. The topological polar surface area (TPSA) is 83.6 Å². The number of carbonyl (C=O) groups is 2. The van der Waals surface area contributed by atoms with Gasteiger partial charge in [0.2, 0.25) is 0 Å². The van der Waals surface area contributed by atoms with E-state index < -0.39 is 17.9 Å². The van der Waals surface area contributed by atoms with Crippen LogP contribution in [-0.4, -0.2) is 41.5 Å². The second kappa shape index (κ2) is 6.00. The Morgan fingerprint density at radius 1 is 1.35 bits per heavy atom. The predicted molar refractivity (Wildman–Crippen MR) is 63.4 cm³/mol. The van der Waals surface area contributed by atoms with Crippen molar-refractivity contribution in [2.75, 3.05) is 13.6 Å². The van der Waals surface area contributed by atoms with Crippen molar-refractivity contribution in [3.63, 3.8) is 0 Å². The lowest BCUT2D eigenvalue weighted by atomic mass is 10.1. The number of hydrogen-bond donors (Lipinski definition) is 2. The fourth-order valence-electron chi connectivity index (χ4n) is 1.39. The van der Waals surface area contributed by atoms with Crippen LogP contribution in [0.25, 0.3) is 0 Å². The molecule has 0 saturated carbocycles. The molecule has 0 aromatic heterocycles. The fraction of sp³-hybridized carbons (Fsp3) is 0.333. The maximum atomic E-state index is 11.5.